The van der Waals surface area contributed by atoms with E-state index in [1.54, 1.807) is 41.7 Å². The highest BCUT2D eigenvalue weighted by Gasteiger charge is 2.21. The van der Waals surface area contributed by atoms with E-state index in [9.17, 15) is 9.59 Å². The van der Waals surface area contributed by atoms with Gasteiger partial charge in [-0.3, -0.25) is 4.79 Å². The van der Waals surface area contributed by atoms with Gasteiger partial charge in [0.25, 0.3) is 5.91 Å². The van der Waals surface area contributed by atoms with Crippen molar-refractivity contribution in [3.05, 3.63) is 117 Å². The van der Waals surface area contributed by atoms with Gasteiger partial charge in [0.1, 0.15) is 10.7 Å². The molecule has 3 aromatic carbocycles. The Morgan fingerprint density at radius 2 is 1.54 bits per heavy atom. The summed E-state index contributed by atoms with van der Waals surface area (Å²) in [4.78, 5) is 34.7. The monoisotopic (exact) mass is 562 g/mol. The summed E-state index contributed by atoms with van der Waals surface area (Å²) in [5.74, 6) is -0.133. The summed E-state index contributed by atoms with van der Waals surface area (Å²) in [5, 5.41) is 5.91. The molecule has 9 heteroatoms. The van der Waals surface area contributed by atoms with Crippen LogP contribution in [0, 0.1) is 0 Å². The number of nitrogens with one attached hydrogen (secondary N) is 1. The lowest BCUT2D eigenvalue weighted by atomic mass is 10.1. The quantitative estimate of drug-likeness (QED) is 0.218. The molecular formula is C30H31ClN4O3S. The Labute approximate surface area is 238 Å². The molecule has 3 amide bonds. The van der Waals surface area contributed by atoms with Gasteiger partial charge >= 0.3 is 6.03 Å². The van der Waals surface area contributed by atoms with Crippen molar-refractivity contribution >= 4 is 40.6 Å². The molecule has 7 nitrogen and oxygen atoms in total. The largest absolute Gasteiger partial charge is 0.383 e. The van der Waals surface area contributed by atoms with Crippen LogP contribution in [0.15, 0.2) is 90.3 Å². The predicted molar refractivity (Wildman–Crippen MR) is 156 cm³/mol. The van der Waals surface area contributed by atoms with E-state index in [2.05, 4.69) is 22.4 Å². The molecule has 1 aromatic heterocycles. The van der Waals surface area contributed by atoms with E-state index in [1.807, 2.05) is 53.4 Å². The van der Waals surface area contributed by atoms with Gasteiger partial charge in [0.2, 0.25) is 0 Å². The molecule has 0 saturated heterocycles. The van der Waals surface area contributed by atoms with Crippen molar-refractivity contribution < 1.29 is 14.3 Å². The summed E-state index contributed by atoms with van der Waals surface area (Å²) >= 11 is 7.32. The molecule has 4 aromatic rings. The minimum atomic E-state index is -0.286. The number of anilines is 1. The van der Waals surface area contributed by atoms with Crippen LogP contribution in [0.5, 0.6) is 0 Å². The van der Waals surface area contributed by atoms with Crippen LogP contribution in [0.25, 0.3) is 0 Å². The van der Waals surface area contributed by atoms with E-state index < -0.39 is 0 Å². The summed E-state index contributed by atoms with van der Waals surface area (Å²) in [5.41, 5.74) is 3.24. The first-order chi connectivity index (χ1) is 19.0. The lowest BCUT2D eigenvalue weighted by Crippen LogP contribution is -2.37. The number of benzene rings is 3. The SMILES string of the molecule is COCCN(Cc1nc(C(=O)N(CCc2ccccc2)Cc2ccccc2)cs1)C(=O)Nc1ccc(Cl)cc1. The van der Waals surface area contributed by atoms with Crippen molar-refractivity contribution in [3.63, 3.8) is 0 Å². The molecule has 0 saturated carbocycles. The Kier molecular flexibility index (Phi) is 10.5. The number of methoxy groups -OCH3 is 1. The number of carbonyl (C=O) groups is 2. The van der Waals surface area contributed by atoms with E-state index in [1.165, 1.54) is 16.9 Å². The average Bonchev–Trinajstić information content (AvgIpc) is 3.44. The summed E-state index contributed by atoms with van der Waals surface area (Å²) in [6.07, 6.45) is 0.742. The van der Waals surface area contributed by atoms with E-state index in [0.717, 1.165) is 12.0 Å². The van der Waals surface area contributed by atoms with Gasteiger partial charge in [-0.25, -0.2) is 9.78 Å². The standard InChI is InChI=1S/C30H31ClN4O3S/c1-38-19-18-35(30(37)32-26-14-12-25(31)13-15-26)21-28-33-27(22-39-28)29(36)34(20-24-10-6-3-7-11-24)17-16-23-8-4-2-5-9-23/h2-15,22H,16-21H2,1H3,(H,32,37). The summed E-state index contributed by atoms with van der Waals surface area (Å²) in [6.45, 7) is 2.05. The Morgan fingerprint density at radius 1 is 0.872 bits per heavy atom. The van der Waals surface area contributed by atoms with Gasteiger partial charge in [-0.05, 0) is 41.8 Å². The second kappa shape index (κ2) is 14.4. The lowest BCUT2D eigenvalue weighted by Gasteiger charge is -2.23. The van der Waals surface area contributed by atoms with E-state index in [0.29, 0.717) is 47.7 Å². The first-order valence-electron chi connectivity index (χ1n) is 12.6. The number of amides is 3. The number of aromatic nitrogens is 1. The molecule has 1 N–H and O–H groups in total. The van der Waals surface area contributed by atoms with Crippen LogP contribution >= 0.6 is 22.9 Å². The van der Waals surface area contributed by atoms with Gasteiger partial charge in [0.15, 0.2) is 0 Å². The Morgan fingerprint density at radius 3 is 2.21 bits per heavy atom. The third kappa shape index (κ3) is 8.64. The van der Waals surface area contributed by atoms with Crippen LogP contribution in [-0.2, 0) is 24.2 Å². The van der Waals surface area contributed by atoms with Crippen LogP contribution in [0.1, 0.15) is 26.6 Å². The predicted octanol–water partition coefficient (Wildman–Crippen LogP) is 6.36. The zero-order chi connectivity index (χ0) is 27.5. The number of hydrogen-bond donors (Lipinski definition) is 1. The molecule has 39 heavy (non-hydrogen) atoms. The molecular weight excluding hydrogens is 532 g/mol. The highest BCUT2D eigenvalue weighted by atomic mass is 35.5. The van der Waals surface area contributed by atoms with Crippen molar-refractivity contribution in [2.24, 2.45) is 0 Å². The summed E-state index contributed by atoms with van der Waals surface area (Å²) in [7, 11) is 1.59. The Hall–Kier alpha value is -3.72. The van der Waals surface area contributed by atoms with Crippen LogP contribution in [0.3, 0.4) is 0 Å². The number of nitrogens with zero attached hydrogens (tertiary/aromatic N) is 3. The molecule has 0 aliphatic rings. The second-order valence-electron chi connectivity index (χ2n) is 8.93. The molecule has 4 rings (SSSR count). The Balaban J connectivity index is 1.46. The molecule has 0 spiro atoms. The van der Waals surface area contributed by atoms with Gasteiger partial charge in [-0.15, -0.1) is 11.3 Å². The fourth-order valence-corrected chi connectivity index (χ4v) is 4.87. The van der Waals surface area contributed by atoms with Crippen molar-refractivity contribution in [2.75, 3.05) is 32.1 Å². The normalized spacial score (nSPS) is 10.7. The zero-order valence-corrected chi connectivity index (χ0v) is 23.3. The minimum absolute atomic E-state index is 0.133. The second-order valence-corrected chi connectivity index (χ2v) is 10.3. The van der Waals surface area contributed by atoms with E-state index in [4.69, 9.17) is 16.3 Å². The first-order valence-corrected chi connectivity index (χ1v) is 13.9. The van der Waals surface area contributed by atoms with Crippen LogP contribution in [-0.4, -0.2) is 53.5 Å². The third-order valence-corrected chi connectivity index (χ3v) is 7.15. The molecule has 0 unspecified atom stereocenters. The topological polar surface area (TPSA) is 74.8 Å². The van der Waals surface area contributed by atoms with Crippen molar-refractivity contribution in [2.45, 2.75) is 19.5 Å². The smallest absolute Gasteiger partial charge is 0.322 e. The van der Waals surface area contributed by atoms with Crippen molar-refractivity contribution in [1.82, 2.24) is 14.8 Å². The van der Waals surface area contributed by atoms with Gasteiger partial charge in [-0.1, -0.05) is 72.3 Å². The van der Waals surface area contributed by atoms with Crippen LogP contribution < -0.4 is 5.32 Å². The van der Waals surface area contributed by atoms with Gasteiger partial charge < -0.3 is 19.9 Å². The van der Waals surface area contributed by atoms with Gasteiger partial charge in [-0.2, -0.15) is 0 Å². The molecule has 0 aliphatic carbocycles. The zero-order valence-electron chi connectivity index (χ0n) is 21.8. The fourth-order valence-electron chi connectivity index (χ4n) is 3.96. The molecule has 0 bridgehead atoms. The molecule has 1 heterocycles. The highest BCUT2D eigenvalue weighted by Crippen LogP contribution is 2.18. The highest BCUT2D eigenvalue weighted by molar-refractivity contribution is 7.09. The molecule has 0 atom stereocenters. The maximum absolute atomic E-state index is 13.6. The van der Waals surface area contributed by atoms with Crippen molar-refractivity contribution in [3.8, 4) is 0 Å². The third-order valence-electron chi connectivity index (χ3n) is 6.06. The van der Waals surface area contributed by atoms with Crippen LogP contribution in [0.4, 0.5) is 10.5 Å². The van der Waals surface area contributed by atoms with E-state index in [-0.39, 0.29) is 18.5 Å². The van der Waals surface area contributed by atoms with Gasteiger partial charge in [0, 0.05) is 42.8 Å². The minimum Gasteiger partial charge on any atom is -0.383 e. The molecule has 202 valence electrons. The maximum Gasteiger partial charge on any atom is 0.322 e. The number of ether oxygens (including phenoxy) is 1. The van der Waals surface area contributed by atoms with E-state index >= 15 is 0 Å². The number of halogens is 1. The van der Waals surface area contributed by atoms with Crippen LogP contribution in [0.2, 0.25) is 5.02 Å². The molecule has 0 radical (unpaired) electrons. The number of thiazole rings is 1. The molecule has 0 aliphatic heterocycles. The number of carbonyl (C=O) groups excluding carboxylic acids is 2. The number of urea groups is 1. The maximum atomic E-state index is 13.6. The number of hydrogen-bond acceptors (Lipinski definition) is 5. The van der Waals surface area contributed by atoms with Gasteiger partial charge in [0.05, 0.1) is 13.2 Å². The lowest BCUT2D eigenvalue weighted by molar-refractivity contribution is 0.0739. The Bertz CT molecular complexity index is 1330. The average molecular weight is 563 g/mol. The van der Waals surface area contributed by atoms with Crippen molar-refractivity contribution in [1.29, 1.82) is 0 Å². The number of rotatable bonds is 12. The first kappa shape index (κ1) is 28.3. The fraction of sp³-hybridized carbons (Fsp3) is 0.233. The summed E-state index contributed by atoms with van der Waals surface area (Å²) < 4.78 is 5.20. The molecule has 0 fully saturated rings. The summed E-state index contributed by atoms with van der Waals surface area (Å²) in [6, 6.07) is 26.7.